The Morgan fingerprint density at radius 3 is 2.92 bits per heavy atom. The summed E-state index contributed by atoms with van der Waals surface area (Å²) in [4.78, 5) is 10.3. The lowest BCUT2D eigenvalue weighted by molar-refractivity contribution is 0.578. The first kappa shape index (κ1) is 22.6. The molecule has 1 aliphatic heterocycles. The van der Waals surface area contributed by atoms with E-state index in [2.05, 4.69) is 37.5 Å². The minimum Gasteiger partial charge on any atom is -0.340 e. The molecule has 1 atom stereocenters. The summed E-state index contributed by atoms with van der Waals surface area (Å²) in [6, 6.07) is 12.3. The molecule has 1 aliphatic rings. The molecule has 0 radical (unpaired) electrons. The van der Waals surface area contributed by atoms with Crippen LogP contribution in [-0.4, -0.2) is 40.2 Å². The van der Waals surface area contributed by atoms with Gasteiger partial charge in [0.05, 0.1) is 32.9 Å². The number of benzene rings is 2. The van der Waals surface area contributed by atoms with Crippen LogP contribution in [0.3, 0.4) is 0 Å². The van der Waals surface area contributed by atoms with Gasteiger partial charge < -0.3 is 10.6 Å². The largest absolute Gasteiger partial charge is 0.340 e. The van der Waals surface area contributed by atoms with E-state index in [0.717, 1.165) is 44.6 Å². The third-order valence-corrected chi connectivity index (χ3v) is 8.43. The zero-order chi connectivity index (χ0) is 24.7. The molecular weight excluding hydrogens is 499 g/mol. The van der Waals surface area contributed by atoms with Crippen molar-refractivity contribution in [3.05, 3.63) is 71.7 Å². The molecule has 8 nitrogen and oxygen atoms in total. The van der Waals surface area contributed by atoms with Gasteiger partial charge in [0.15, 0.2) is 0 Å². The van der Waals surface area contributed by atoms with Crippen LogP contribution in [0.4, 0.5) is 15.9 Å². The summed E-state index contributed by atoms with van der Waals surface area (Å²) in [5, 5.41) is 12.2. The number of fused-ring (bicyclic) bond motifs is 2. The number of hydrogen-bond donors (Lipinski definition) is 2. The summed E-state index contributed by atoms with van der Waals surface area (Å²) in [7, 11) is -4.05. The minimum atomic E-state index is -4.05. The zero-order valence-electron chi connectivity index (χ0n) is 18.8. The van der Waals surface area contributed by atoms with Crippen LogP contribution >= 0.6 is 11.3 Å². The Hall–Kier alpha value is -3.85. The summed E-state index contributed by atoms with van der Waals surface area (Å²) < 4.78 is 40.5. The third kappa shape index (κ3) is 4.19. The van der Waals surface area contributed by atoms with Crippen molar-refractivity contribution in [3.63, 3.8) is 0 Å². The lowest BCUT2D eigenvalue weighted by Gasteiger charge is -2.08. The number of nitrogens with one attached hydrogen (secondary N) is 2. The molecule has 4 heterocycles. The van der Waals surface area contributed by atoms with E-state index in [1.54, 1.807) is 18.2 Å². The molecule has 0 saturated carbocycles. The van der Waals surface area contributed by atoms with E-state index in [9.17, 15) is 12.8 Å². The third-order valence-electron chi connectivity index (χ3n) is 5.88. The molecule has 180 valence electrons. The molecule has 2 aromatic carbocycles. The van der Waals surface area contributed by atoms with Crippen molar-refractivity contribution in [1.29, 1.82) is 0 Å². The maximum Gasteiger partial charge on any atom is 0.283 e. The lowest BCUT2D eigenvalue weighted by atomic mass is 10.2. The number of thiophene rings is 1. The van der Waals surface area contributed by atoms with Crippen molar-refractivity contribution in [3.8, 4) is 11.8 Å². The van der Waals surface area contributed by atoms with Gasteiger partial charge in [-0.2, -0.15) is 17.6 Å². The molecule has 0 unspecified atom stereocenters. The average Bonchev–Trinajstić information content (AvgIpc) is 3.62. The first-order valence-corrected chi connectivity index (χ1v) is 13.5. The number of rotatable bonds is 4. The fraction of sp³-hybridized carbons (Fsp3) is 0.160. The summed E-state index contributed by atoms with van der Waals surface area (Å²) in [5.74, 6) is 6.52. The van der Waals surface area contributed by atoms with Gasteiger partial charge in [-0.15, -0.1) is 11.3 Å². The summed E-state index contributed by atoms with van der Waals surface area (Å²) >= 11 is 1.51. The summed E-state index contributed by atoms with van der Waals surface area (Å²) in [6.07, 6.45) is 5.17. The van der Waals surface area contributed by atoms with E-state index in [1.165, 1.54) is 42.1 Å². The summed E-state index contributed by atoms with van der Waals surface area (Å²) in [6.45, 7) is 1.01. The maximum atomic E-state index is 13.6. The predicted molar refractivity (Wildman–Crippen MR) is 137 cm³/mol. The first-order chi connectivity index (χ1) is 17.5. The van der Waals surface area contributed by atoms with Crippen molar-refractivity contribution in [2.45, 2.75) is 23.8 Å². The van der Waals surface area contributed by atoms with Gasteiger partial charge in [-0.05, 0) is 61.9 Å². The summed E-state index contributed by atoms with van der Waals surface area (Å²) in [5.41, 5.74) is 1.09. The van der Waals surface area contributed by atoms with E-state index >= 15 is 0 Å². The van der Waals surface area contributed by atoms with Crippen molar-refractivity contribution in [2.75, 3.05) is 11.9 Å². The lowest BCUT2D eigenvalue weighted by Crippen LogP contribution is -2.18. The van der Waals surface area contributed by atoms with Gasteiger partial charge in [-0.25, -0.2) is 14.4 Å². The molecule has 11 heteroatoms. The predicted octanol–water partition coefficient (Wildman–Crippen LogP) is 4.26. The molecule has 5 aromatic rings. The highest BCUT2D eigenvalue weighted by Crippen LogP contribution is 2.31. The highest BCUT2D eigenvalue weighted by atomic mass is 32.2. The number of aromatic nitrogens is 4. The topological polar surface area (TPSA) is 102 Å². The Bertz CT molecular complexity index is 1780. The second kappa shape index (κ2) is 8.98. The molecule has 2 N–H and O–H groups in total. The van der Waals surface area contributed by atoms with Crippen LogP contribution in [0.15, 0.2) is 66.0 Å². The van der Waals surface area contributed by atoms with E-state index in [1.807, 2.05) is 6.07 Å². The first-order valence-electron chi connectivity index (χ1n) is 11.2. The van der Waals surface area contributed by atoms with Crippen molar-refractivity contribution >= 4 is 54.0 Å². The van der Waals surface area contributed by atoms with Gasteiger partial charge in [0.2, 0.25) is 0 Å². The molecule has 1 saturated heterocycles. The molecule has 0 spiro atoms. The molecule has 6 rings (SSSR count). The average molecular weight is 519 g/mol. The van der Waals surface area contributed by atoms with Gasteiger partial charge in [0.25, 0.3) is 10.0 Å². The molecule has 3 aromatic heterocycles. The van der Waals surface area contributed by atoms with Crippen LogP contribution in [0.5, 0.6) is 0 Å². The van der Waals surface area contributed by atoms with Crippen molar-refractivity contribution in [1.82, 2.24) is 24.5 Å². The van der Waals surface area contributed by atoms with Gasteiger partial charge in [-0.1, -0.05) is 17.9 Å². The molecule has 36 heavy (non-hydrogen) atoms. The number of halogens is 1. The van der Waals surface area contributed by atoms with Gasteiger partial charge >= 0.3 is 0 Å². The smallest absolute Gasteiger partial charge is 0.283 e. The Kier molecular flexibility index (Phi) is 5.64. The van der Waals surface area contributed by atoms with Crippen LogP contribution in [0, 0.1) is 17.7 Å². The quantitative estimate of drug-likeness (QED) is 0.343. The van der Waals surface area contributed by atoms with Crippen LogP contribution < -0.4 is 10.6 Å². The Morgan fingerprint density at radius 2 is 2.08 bits per heavy atom. The fourth-order valence-corrected chi connectivity index (χ4v) is 6.29. The van der Waals surface area contributed by atoms with Crippen LogP contribution in [0.25, 0.3) is 21.1 Å². The second-order valence-electron chi connectivity index (χ2n) is 8.32. The Morgan fingerprint density at radius 1 is 1.17 bits per heavy atom. The van der Waals surface area contributed by atoms with Gasteiger partial charge in [-0.3, -0.25) is 0 Å². The molecule has 1 fully saturated rings. The second-order valence-corrected chi connectivity index (χ2v) is 11.1. The zero-order valence-corrected chi connectivity index (χ0v) is 20.4. The highest BCUT2D eigenvalue weighted by molar-refractivity contribution is 7.90. The van der Waals surface area contributed by atoms with E-state index < -0.39 is 15.8 Å². The van der Waals surface area contributed by atoms with Crippen molar-refractivity contribution < 1.29 is 12.8 Å². The van der Waals surface area contributed by atoms with E-state index in [-0.39, 0.29) is 10.9 Å². The minimum absolute atomic E-state index is 0.168. The fourth-order valence-electron chi connectivity index (χ4n) is 4.13. The van der Waals surface area contributed by atoms with Gasteiger partial charge in [0.1, 0.15) is 22.8 Å². The standard InChI is InChI=1S/C25H19FN6O2S2/c26-17-3-1-5-21(12-17)36(33,34)32-23-9-7-19(11-16(23)14-30-32)31-24-22-13-20(35-25(22)29-15-28-24)8-6-18-4-2-10-27-18/h1,3,5,7,9,11-15,18,27H,2,4,10H2,(H,28,29,31)/t18-/m1/s1. The van der Waals surface area contributed by atoms with E-state index in [4.69, 9.17) is 0 Å². The molecule has 0 bridgehead atoms. The van der Waals surface area contributed by atoms with Crippen LogP contribution in [0.1, 0.15) is 17.7 Å². The van der Waals surface area contributed by atoms with Crippen molar-refractivity contribution in [2.24, 2.45) is 0 Å². The number of nitrogens with zero attached hydrogens (tertiary/aromatic N) is 4. The number of hydrogen-bond acceptors (Lipinski definition) is 8. The maximum absolute atomic E-state index is 13.6. The highest BCUT2D eigenvalue weighted by Gasteiger charge is 2.21. The van der Waals surface area contributed by atoms with Crippen LogP contribution in [0.2, 0.25) is 0 Å². The molecule has 0 amide bonds. The number of anilines is 2. The monoisotopic (exact) mass is 518 g/mol. The SMILES string of the molecule is O=S(=O)(c1cccc(F)c1)n1ncc2cc(Nc3ncnc4sc(C#C[C@H]5CCCN5)cc34)ccc21. The van der Waals surface area contributed by atoms with Gasteiger partial charge in [0, 0.05) is 11.1 Å². The Balaban J connectivity index is 1.30. The van der Waals surface area contributed by atoms with Crippen LogP contribution in [-0.2, 0) is 10.0 Å². The van der Waals surface area contributed by atoms with E-state index in [0.29, 0.717) is 22.4 Å². The normalized spacial score (nSPS) is 15.8. The molecule has 0 aliphatic carbocycles. The Labute approximate surface area is 210 Å². The molecular formula is C25H19FN6O2S2.